The summed E-state index contributed by atoms with van der Waals surface area (Å²) in [6, 6.07) is 8.44. The Kier molecular flexibility index (Phi) is 3.24. The summed E-state index contributed by atoms with van der Waals surface area (Å²) in [6.07, 6.45) is 0. The fraction of sp³-hybridized carbons (Fsp3) is 0.133. The molecule has 2 aromatic rings. The Morgan fingerprint density at radius 1 is 0.944 bits per heavy atom. The molecule has 3 heteroatoms. The maximum absolute atomic E-state index is 13.5. The maximum atomic E-state index is 13.5. The van der Waals surface area contributed by atoms with Crippen LogP contribution in [0, 0.1) is 25.5 Å². The van der Waals surface area contributed by atoms with Crippen molar-refractivity contribution in [1.29, 1.82) is 0 Å². The number of hydrogen-bond donors (Lipinski definition) is 0. The second-order valence-corrected chi connectivity index (χ2v) is 4.26. The zero-order valence-corrected chi connectivity index (χ0v) is 10.1. The number of benzene rings is 2. The van der Waals surface area contributed by atoms with Crippen LogP contribution in [0.2, 0.25) is 0 Å². The molecule has 0 aliphatic carbocycles. The molecule has 0 saturated heterocycles. The van der Waals surface area contributed by atoms with Gasteiger partial charge in [-0.3, -0.25) is 4.79 Å². The predicted octanol–water partition coefficient (Wildman–Crippen LogP) is 3.81. The van der Waals surface area contributed by atoms with E-state index >= 15 is 0 Å². The third kappa shape index (κ3) is 2.30. The molecule has 2 rings (SSSR count). The summed E-state index contributed by atoms with van der Waals surface area (Å²) in [5.74, 6) is -1.08. The molecule has 0 heterocycles. The summed E-state index contributed by atoms with van der Waals surface area (Å²) >= 11 is 0. The van der Waals surface area contributed by atoms with E-state index < -0.39 is 5.82 Å². The highest BCUT2D eigenvalue weighted by molar-refractivity contribution is 6.09. The Bertz CT molecular complexity index is 595. The van der Waals surface area contributed by atoms with Crippen molar-refractivity contribution in [2.45, 2.75) is 13.8 Å². The first-order valence-electron chi connectivity index (χ1n) is 5.56. The first kappa shape index (κ1) is 12.4. The zero-order chi connectivity index (χ0) is 13.3. The summed E-state index contributed by atoms with van der Waals surface area (Å²) in [4.78, 5) is 12.1. The summed E-state index contributed by atoms with van der Waals surface area (Å²) in [6.45, 7) is 3.20. The normalized spacial score (nSPS) is 10.4. The number of aryl methyl sites for hydroxylation is 2. The molecular weight excluding hydrogens is 234 g/mol. The van der Waals surface area contributed by atoms with Crippen LogP contribution in [0.5, 0.6) is 0 Å². The van der Waals surface area contributed by atoms with Crippen LogP contribution in [0.3, 0.4) is 0 Å². The molecule has 0 unspecified atom stereocenters. The number of halogens is 2. The minimum absolute atomic E-state index is 0.264. The Labute approximate surface area is 104 Å². The van der Waals surface area contributed by atoms with Crippen LogP contribution in [0.4, 0.5) is 8.78 Å². The molecule has 92 valence electrons. The lowest BCUT2D eigenvalue weighted by atomic mass is 9.99. The van der Waals surface area contributed by atoms with E-state index in [1.165, 1.54) is 30.3 Å². The van der Waals surface area contributed by atoms with Crippen molar-refractivity contribution in [3.8, 4) is 0 Å². The molecule has 2 aromatic carbocycles. The molecule has 0 N–H and O–H groups in total. The summed E-state index contributed by atoms with van der Waals surface area (Å²) in [5.41, 5.74) is 1.46. The van der Waals surface area contributed by atoms with E-state index in [2.05, 4.69) is 0 Å². The van der Waals surface area contributed by atoms with Gasteiger partial charge in [-0.2, -0.15) is 0 Å². The number of ketones is 1. The molecule has 0 aliphatic rings. The maximum Gasteiger partial charge on any atom is 0.193 e. The molecule has 0 radical (unpaired) electrons. The first-order valence-corrected chi connectivity index (χ1v) is 5.56. The third-order valence-electron chi connectivity index (χ3n) is 2.79. The van der Waals surface area contributed by atoms with Gasteiger partial charge in [0.05, 0.1) is 0 Å². The average Bonchev–Trinajstić information content (AvgIpc) is 2.34. The van der Waals surface area contributed by atoms with Crippen molar-refractivity contribution in [2.24, 2.45) is 0 Å². The second-order valence-electron chi connectivity index (χ2n) is 4.26. The quantitative estimate of drug-likeness (QED) is 0.736. The summed E-state index contributed by atoms with van der Waals surface area (Å²) < 4.78 is 26.5. The number of hydrogen-bond acceptors (Lipinski definition) is 1. The van der Waals surface area contributed by atoms with Crippen molar-refractivity contribution < 1.29 is 13.6 Å². The largest absolute Gasteiger partial charge is 0.289 e. The molecule has 0 amide bonds. The summed E-state index contributed by atoms with van der Waals surface area (Å²) in [5, 5.41) is 0. The Balaban J connectivity index is 2.47. The molecule has 0 aromatic heterocycles. The molecule has 1 nitrogen and oxygen atoms in total. The van der Waals surface area contributed by atoms with Crippen LogP contribution in [0.25, 0.3) is 0 Å². The monoisotopic (exact) mass is 246 g/mol. The smallest absolute Gasteiger partial charge is 0.193 e. The standard InChI is InChI=1S/C15H12F2O/c1-9-6-12(7-10(2)14(9)17)15(18)11-4-3-5-13(16)8-11/h3-8H,1-2H3. The molecule has 0 fully saturated rings. The van der Waals surface area contributed by atoms with Gasteiger partial charge < -0.3 is 0 Å². The van der Waals surface area contributed by atoms with E-state index in [0.29, 0.717) is 16.7 Å². The second kappa shape index (κ2) is 4.69. The van der Waals surface area contributed by atoms with E-state index in [4.69, 9.17) is 0 Å². The molecule has 18 heavy (non-hydrogen) atoms. The van der Waals surface area contributed by atoms with Gasteiger partial charge in [-0.15, -0.1) is 0 Å². The molecule has 0 spiro atoms. The van der Waals surface area contributed by atoms with Gasteiger partial charge in [0, 0.05) is 11.1 Å². The third-order valence-corrected chi connectivity index (χ3v) is 2.79. The highest BCUT2D eigenvalue weighted by atomic mass is 19.1. The van der Waals surface area contributed by atoms with Crippen LogP contribution in [-0.2, 0) is 0 Å². The van der Waals surface area contributed by atoms with Crippen LogP contribution >= 0.6 is 0 Å². The van der Waals surface area contributed by atoms with Gasteiger partial charge in [-0.25, -0.2) is 8.78 Å². The van der Waals surface area contributed by atoms with Crippen LogP contribution < -0.4 is 0 Å². The van der Waals surface area contributed by atoms with Gasteiger partial charge in [0.1, 0.15) is 11.6 Å². The predicted molar refractivity (Wildman–Crippen MR) is 65.7 cm³/mol. The van der Waals surface area contributed by atoms with Gasteiger partial charge in [-0.1, -0.05) is 12.1 Å². The van der Waals surface area contributed by atoms with Gasteiger partial charge in [-0.05, 0) is 49.2 Å². The SMILES string of the molecule is Cc1cc(C(=O)c2cccc(F)c2)cc(C)c1F. The van der Waals surface area contributed by atoms with Gasteiger partial charge >= 0.3 is 0 Å². The van der Waals surface area contributed by atoms with E-state index in [1.807, 2.05) is 0 Å². The molecule has 0 atom stereocenters. The highest BCUT2D eigenvalue weighted by Crippen LogP contribution is 2.18. The summed E-state index contributed by atoms with van der Waals surface area (Å²) in [7, 11) is 0. The fourth-order valence-electron chi connectivity index (χ4n) is 1.87. The Hall–Kier alpha value is -2.03. The van der Waals surface area contributed by atoms with E-state index in [9.17, 15) is 13.6 Å². The van der Waals surface area contributed by atoms with Crippen molar-refractivity contribution in [2.75, 3.05) is 0 Å². The van der Waals surface area contributed by atoms with Crippen LogP contribution in [0.15, 0.2) is 36.4 Å². The topological polar surface area (TPSA) is 17.1 Å². The Morgan fingerprint density at radius 2 is 1.56 bits per heavy atom. The lowest BCUT2D eigenvalue weighted by Crippen LogP contribution is -2.04. The molecule has 0 saturated carbocycles. The van der Waals surface area contributed by atoms with Crippen LogP contribution in [-0.4, -0.2) is 5.78 Å². The minimum atomic E-state index is -0.462. The van der Waals surface area contributed by atoms with Crippen molar-refractivity contribution in [3.63, 3.8) is 0 Å². The van der Waals surface area contributed by atoms with E-state index in [0.717, 1.165) is 0 Å². The lowest BCUT2D eigenvalue weighted by Gasteiger charge is -2.06. The average molecular weight is 246 g/mol. The molecular formula is C15H12F2O. The van der Waals surface area contributed by atoms with Gasteiger partial charge in [0.15, 0.2) is 5.78 Å². The van der Waals surface area contributed by atoms with Crippen LogP contribution in [0.1, 0.15) is 27.0 Å². The van der Waals surface area contributed by atoms with Gasteiger partial charge in [0.2, 0.25) is 0 Å². The van der Waals surface area contributed by atoms with E-state index in [-0.39, 0.29) is 17.2 Å². The Morgan fingerprint density at radius 3 is 2.11 bits per heavy atom. The number of rotatable bonds is 2. The van der Waals surface area contributed by atoms with Gasteiger partial charge in [0.25, 0.3) is 0 Å². The molecule has 0 aliphatic heterocycles. The fourth-order valence-corrected chi connectivity index (χ4v) is 1.87. The molecule has 0 bridgehead atoms. The van der Waals surface area contributed by atoms with Crippen molar-refractivity contribution >= 4 is 5.78 Å². The first-order chi connectivity index (χ1) is 8.49. The minimum Gasteiger partial charge on any atom is -0.289 e. The highest BCUT2D eigenvalue weighted by Gasteiger charge is 2.13. The number of carbonyl (C=O) groups is 1. The zero-order valence-electron chi connectivity index (χ0n) is 10.1. The lowest BCUT2D eigenvalue weighted by molar-refractivity contribution is 0.103. The van der Waals surface area contributed by atoms with E-state index in [1.54, 1.807) is 19.9 Å². The number of carbonyl (C=O) groups excluding carboxylic acids is 1. The van der Waals surface area contributed by atoms with Crippen molar-refractivity contribution in [3.05, 3.63) is 70.3 Å². The van der Waals surface area contributed by atoms with Crippen molar-refractivity contribution in [1.82, 2.24) is 0 Å².